The number of ketones is 1. The van der Waals surface area contributed by atoms with Crippen LogP contribution in [0.3, 0.4) is 0 Å². The Morgan fingerprint density at radius 3 is 2.06 bits per heavy atom. The average molecular weight is 219 g/mol. The molecular weight excluding hydrogens is 206 g/mol. The van der Waals surface area contributed by atoms with E-state index in [1.807, 2.05) is 14.1 Å². The molecule has 4 heteroatoms. The van der Waals surface area contributed by atoms with E-state index < -0.39 is 5.97 Å². The largest absolute Gasteiger partial charge is 0.478 e. The summed E-state index contributed by atoms with van der Waals surface area (Å²) >= 11 is 0. The number of carbonyl (C=O) groups is 2. The zero-order valence-electron chi connectivity index (χ0n) is 9.18. The van der Waals surface area contributed by atoms with Crippen molar-refractivity contribution in [1.29, 1.82) is 0 Å². The monoisotopic (exact) mass is 219 g/mol. The molecule has 0 aliphatic heterocycles. The smallest absolute Gasteiger partial charge is 0.335 e. The average Bonchev–Trinajstić information content (AvgIpc) is 2.26. The van der Waals surface area contributed by atoms with Crippen LogP contribution in [0.15, 0.2) is 36.5 Å². The highest BCUT2D eigenvalue weighted by molar-refractivity contribution is 6.04. The van der Waals surface area contributed by atoms with Crippen molar-refractivity contribution in [3.8, 4) is 0 Å². The van der Waals surface area contributed by atoms with E-state index in [2.05, 4.69) is 0 Å². The highest BCUT2D eigenvalue weighted by Gasteiger charge is 2.05. The van der Waals surface area contributed by atoms with Gasteiger partial charge >= 0.3 is 5.97 Å². The van der Waals surface area contributed by atoms with Crippen LogP contribution < -0.4 is 0 Å². The molecule has 0 radical (unpaired) electrons. The maximum Gasteiger partial charge on any atom is 0.335 e. The summed E-state index contributed by atoms with van der Waals surface area (Å²) in [7, 11) is 3.63. The van der Waals surface area contributed by atoms with Crippen LogP contribution in [0.25, 0.3) is 0 Å². The summed E-state index contributed by atoms with van der Waals surface area (Å²) in [6.07, 6.45) is 3.09. The van der Waals surface area contributed by atoms with E-state index in [9.17, 15) is 9.59 Å². The summed E-state index contributed by atoms with van der Waals surface area (Å²) in [5.74, 6) is -1.14. The molecule has 0 aliphatic carbocycles. The predicted octanol–water partition coefficient (Wildman–Crippen LogP) is 1.64. The fourth-order valence-electron chi connectivity index (χ4n) is 1.09. The summed E-state index contributed by atoms with van der Waals surface area (Å²) in [6.45, 7) is 0. The second-order valence-electron chi connectivity index (χ2n) is 3.53. The molecule has 1 aromatic carbocycles. The molecule has 1 aromatic rings. The Morgan fingerprint density at radius 1 is 1.12 bits per heavy atom. The Balaban J connectivity index is 2.82. The van der Waals surface area contributed by atoms with Gasteiger partial charge in [0.1, 0.15) is 0 Å². The van der Waals surface area contributed by atoms with Gasteiger partial charge in [0, 0.05) is 31.9 Å². The molecule has 0 aromatic heterocycles. The van der Waals surface area contributed by atoms with Crippen molar-refractivity contribution in [2.75, 3.05) is 14.1 Å². The van der Waals surface area contributed by atoms with Crippen LogP contribution in [0.5, 0.6) is 0 Å². The number of aromatic carboxylic acids is 1. The normalized spacial score (nSPS) is 10.4. The number of hydrogen-bond acceptors (Lipinski definition) is 3. The fraction of sp³-hybridized carbons (Fsp3) is 0.167. The first-order chi connectivity index (χ1) is 7.50. The molecule has 0 saturated carbocycles. The fourth-order valence-corrected chi connectivity index (χ4v) is 1.09. The van der Waals surface area contributed by atoms with E-state index in [1.54, 1.807) is 11.1 Å². The van der Waals surface area contributed by atoms with E-state index in [0.29, 0.717) is 5.56 Å². The molecule has 16 heavy (non-hydrogen) atoms. The van der Waals surface area contributed by atoms with Gasteiger partial charge in [0.15, 0.2) is 5.78 Å². The number of allylic oxidation sites excluding steroid dienone is 1. The van der Waals surface area contributed by atoms with Crippen LogP contribution in [0, 0.1) is 0 Å². The van der Waals surface area contributed by atoms with Crippen molar-refractivity contribution in [2.45, 2.75) is 0 Å². The zero-order valence-corrected chi connectivity index (χ0v) is 9.18. The molecule has 84 valence electrons. The van der Waals surface area contributed by atoms with Gasteiger partial charge in [0.25, 0.3) is 0 Å². The van der Waals surface area contributed by atoms with Crippen molar-refractivity contribution < 1.29 is 14.7 Å². The minimum Gasteiger partial charge on any atom is -0.478 e. The SMILES string of the molecule is CN(C)/C=C/C(=O)c1ccc(C(=O)O)cc1. The second-order valence-corrected chi connectivity index (χ2v) is 3.53. The Labute approximate surface area is 93.8 Å². The van der Waals surface area contributed by atoms with Crippen LogP contribution in [0.4, 0.5) is 0 Å². The third kappa shape index (κ3) is 3.24. The van der Waals surface area contributed by atoms with Gasteiger partial charge < -0.3 is 10.0 Å². The Hall–Kier alpha value is -2.10. The minimum atomic E-state index is -0.997. The molecule has 0 saturated heterocycles. The summed E-state index contributed by atoms with van der Waals surface area (Å²) in [5.41, 5.74) is 0.649. The summed E-state index contributed by atoms with van der Waals surface area (Å²) in [4.78, 5) is 23.9. The third-order valence-electron chi connectivity index (χ3n) is 1.94. The van der Waals surface area contributed by atoms with E-state index >= 15 is 0 Å². The lowest BCUT2D eigenvalue weighted by Gasteiger charge is -2.02. The van der Waals surface area contributed by atoms with E-state index in [4.69, 9.17) is 5.11 Å². The summed E-state index contributed by atoms with van der Waals surface area (Å²) in [6, 6.07) is 5.84. The molecule has 0 unspecified atom stereocenters. The quantitative estimate of drug-likeness (QED) is 0.617. The second kappa shape index (κ2) is 5.11. The number of carboxylic acids is 1. The first-order valence-corrected chi connectivity index (χ1v) is 4.73. The van der Waals surface area contributed by atoms with E-state index in [-0.39, 0.29) is 11.3 Å². The number of carboxylic acid groups (broad SMARTS) is 1. The number of benzene rings is 1. The van der Waals surface area contributed by atoms with Crippen LogP contribution in [0.2, 0.25) is 0 Å². The molecule has 0 spiro atoms. The van der Waals surface area contributed by atoms with E-state index in [1.165, 1.54) is 30.3 Å². The molecule has 0 fully saturated rings. The van der Waals surface area contributed by atoms with Crippen molar-refractivity contribution in [3.63, 3.8) is 0 Å². The zero-order chi connectivity index (χ0) is 12.1. The van der Waals surface area contributed by atoms with Gasteiger partial charge in [0.2, 0.25) is 0 Å². The highest BCUT2D eigenvalue weighted by atomic mass is 16.4. The first kappa shape index (κ1) is 12.0. The lowest BCUT2D eigenvalue weighted by atomic mass is 10.1. The Bertz CT molecular complexity index is 418. The van der Waals surface area contributed by atoms with Crippen molar-refractivity contribution in [1.82, 2.24) is 4.90 Å². The molecule has 0 aliphatic rings. The standard InChI is InChI=1S/C12H13NO3/c1-13(2)8-7-11(14)9-3-5-10(6-4-9)12(15)16/h3-8H,1-2H3,(H,15,16)/b8-7+. The first-order valence-electron chi connectivity index (χ1n) is 4.73. The summed E-state index contributed by atoms with van der Waals surface area (Å²) < 4.78 is 0. The molecule has 1 N–H and O–H groups in total. The van der Waals surface area contributed by atoms with Gasteiger partial charge in [-0.05, 0) is 12.1 Å². The molecule has 0 heterocycles. The van der Waals surface area contributed by atoms with Crippen LogP contribution in [-0.2, 0) is 0 Å². The number of rotatable bonds is 4. The highest BCUT2D eigenvalue weighted by Crippen LogP contribution is 2.06. The molecule has 4 nitrogen and oxygen atoms in total. The maximum atomic E-state index is 11.6. The Morgan fingerprint density at radius 2 is 1.62 bits per heavy atom. The number of hydrogen-bond donors (Lipinski definition) is 1. The number of carbonyl (C=O) groups excluding carboxylic acids is 1. The maximum absolute atomic E-state index is 11.6. The van der Waals surface area contributed by atoms with Crippen molar-refractivity contribution in [3.05, 3.63) is 47.7 Å². The number of nitrogens with zero attached hydrogens (tertiary/aromatic N) is 1. The van der Waals surface area contributed by atoms with Crippen molar-refractivity contribution >= 4 is 11.8 Å². The Kier molecular flexibility index (Phi) is 3.83. The lowest BCUT2D eigenvalue weighted by Crippen LogP contribution is -2.03. The topological polar surface area (TPSA) is 57.6 Å². The molecular formula is C12H13NO3. The van der Waals surface area contributed by atoms with Gasteiger partial charge in [-0.2, -0.15) is 0 Å². The summed E-state index contributed by atoms with van der Waals surface area (Å²) in [5, 5.41) is 8.68. The molecule has 0 amide bonds. The van der Waals surface area contributed by atoms with Gasteiger partial charge in [-0.3, -0.25) is 4.79 Å². The van der Waals surface area contributed by atoms with Crippen molar-refractivity contribution in [2.24, 2.45) is 0 Å². The van der Waals surface area contributed by atoms with Gasteiger partial charge in [-0.1, -0.05) is 12.1 Å². The molecule has 0 bridgehead atoms. The van der Waals surface area contributed by atoms with Crippen LogP contribution in [-0.4, -0.2) is 35.9 Å². The third-order valence-corrected chi connectivity index (χ3v) is 1.94. The predicted molar refractivity (Wildman–Crippen MR) is 60.6 cm³/mol. The van der Waals surface area contributed by atoms with Gasteiger partial charge in [-0.25, -0.2) is 4.79 Å². The molecule has 1 rings (SSSR count). The van der Waals surface area contributed by atoms with Crippen LogP contribution >= 0.6 is 0 Å². The van der Waals surface area contributed by atoms with Gasteiger partial charge in [0.05, 0.1) is 5.56 Å². The minimum absolute atomic E-state index is 0.148. The molecule has 0 atom stereocenters. The van der Waals surface area contributed by atoms with Crippen LogP contribution in [0.1, 0.15) is 20.7 Å². The van der Waals surface area contributed by atoms with Gasteiger partial charge in [-0.15, -0.1) is 0 Å². The lowest BCUT2D eigenvalue weighted by molar-refractivity contribution is 0.0696. The van der Waals surface area contributed by atoms with E-state index in [0.717, 1.165) is 0 Å².